The molecule has 1 amide bonds. The number of ether oxygens (including phenoxy) is 1. The van der Waals surface area contributed by atoms with Crippen LogP contribution < -0.4 is 4.90 Å². The van der Waals surface area contributed by atoms with E-state index in [2.05, 4.69) is 9.43 Å². The fraction of sp³-hybridized carbons (Fsp3) is 0.300. The lowest BCUT2D eigenvalue weighted by Gasteiger charge is -2.12. The van der Waals surface area contributed by atoms with Gasteiger partial charge in [-0.3, -0.25) is 4.90 Å². The van der Waals surface area contributed by atoms with Crippen LogP contribution in [-0.4, -0.2) is 38.9 Å². The molecule has 9 nitrogen and oxygen atoms in total. The fourth-order valence-electron chi connectivity index (χ4n) is 1.72. The number of sulfonamides is 1. The maximum absolute atomic E-state index is 11.5. The average Bonchev–Trinajstić information content (AvgIpc) is 2.80. The molecule has 0 radical (unpaired) electrons. The molecule has 106 valence electrons. The van der Waals surface area contributed by atoms with E-state index in [4.69, 9.17) is 15.4 Å². The molecule has 20 heavy (non-hydrogen) atoms. The first kappa shape index (κ1) is 14.1. The molecule has 0 spiro atoms. The summed E-state index contributed by atoms with van der Waals surface area (Å²) >= 11 is 0. The van der Waals surface area contributed by atoms with Gasteiger partial charge in [0.2, 0.25) is 0 Å². The standard InChI is InChI=1S/C10H10N4O5S/c11-12-13-20(17,18)9-3-1-7(2-4-9)14-5-8(6-15)19-10(14)16/h1-4,8,15H,5-6H2. The van der Waals surface area contributed by atoms with Crippen LogP contribution in [0.5, 0.6) is 0 Å². The summed E-state index contributed by atoms with van der Waals surface area (Å²) in [5.74, 6) is 0. The van der Waals surface area contributed by atoms with Crippen LogP contribution in [0.15, 0.2) is 33.7 Å². The topological polar surface area (TPSA) is 133 Å². The normalized spacial score (nSPS) is 18.6. The molecule has 1 aliphatic rings. The molecule has 0 saturated carbocycles. The van der Waals surface area contributed by atoms with Crippen LogP contribution in [0.25, 0.3) is 10.4 Å². The lowest BCUT2D eigenvalue weighted by atomic mass is 10.3. The monoisotopic (exact) mass is 298 g/mol. The third kappa shape index (κ3) is 2.67. The molecule has 1 N–H and O–H groups in total. The van der Waals surface area contributed by atoms with Crippen molar-refractivity contribution in [2.24, 2.45) is 4.52 Å². The molecule has 2 rings (SSSR count). The summed E-state index contributed by atoms with van der Waals surface area (Å²) in [6.45, 7) is -0.108. The Labute approximate surface area is 114 Å². The number of aliphatic hydroxyl groups is 1. The van der Waals surface area contributed by atoms with Crippen molar-refractivity contribution >= 4 is 21.8 Å². The smallest absolute Gasteiger partial charge is 0.414 e. The quantitative estimate of drug-likeness (QED) is 0.503. The van der Waals surface area contributed by atoms with E-state index in [0.717, 1.165) is 0 Å². The van der Waals surface area contributed by atoms with Crippen molar-refractivity contribution in [1.29, 1.82) is 0 Å². The number of carbonyl (C=O) groups excluding carboxylic acids is 1. The summed E-state index contributed by atoms with van der Waals surface area (Å²) in [4.78, 5) is 14.9. The number of cyclic esters (lactones) is 1. The number of aliphatic hydroxyl groups excluding tert-OH is 1. The van der Waals surface area contributed by atoms with Gasteiger partial charge in [0, 0.05) is 15.1 Å². The highest BCUT2D eigenvalue weighted by Gasteiger charge is 2.31. The number of hydrogen-bond donors (Lipinski definition) is 1. The zero-order chi connectivity index (χ0) is 14.8. The summed E-state index contributed by atoms with van der Waals surface area (Å²) < 4.78 is 30.5. The second-order valence-corrected chi connectivity index (χ2v) is 5.52. The third-order valence-electron chi connectivity index (χ3n) is 2.67. The van der Waals surface area contributed by atoms with Crippen molar-refractivity contribution in [3.63, 3.8) is 0 Å². The maximum atomic E-state index is 11.5. The van der Waals surface area contributed by atoms with Crippen molar-refractivity contribution in [2.75, 3.05) is 18.1 Å². The fourth-order valence-corrected chi connectivity index (χ4v) is 2.39. The van der Waals surface area contributed by atoms with Gasteiger partial charge in [0.15, 0.2) is 0 Å². The van der Waals surface area contributed by atoms with E-state index in [1.807, 2.05) is 0 Å². The van der Waals surface area contributed by atoms with Crippen LogP contribution in [0.3, 0.4) is 0 Å². The highest BCUT2D eigenvalue weighted by molar-refractivity contribution is 7.90. The van der Waals surface area contributed by atoms with Gasteiger partial charge in [-0.2, -0.15) is 0 Å². The van der Waals surface area contributed by atoms with Crippen molar-refractivity contribution < 1.29 is 23.1 Å². The second kappa shape index (κ2) is 5.37. The van der Waals surface area contributed by atoms with E-state index >= 15 is 0 Å². The van der Waals surface area contributed by atoms with Gasteiger partial charge in [0.05, 0.1) is 18.0 Å². The number of benzene rings is 1. The SMILES string of the molecule is [N-]=[N+]=NS(=O)(=O)c1ccc(N2CC(CO)OC2=O)cc1. The van der Waals surface area contributed by atoms with Crippen LogP contribution in [-0.2, 0) is 14.8 Å². The molecule has 1 saturated heterocycles. The first-order valence-corrected chi connectivity index (χ1v) is 6.92. The minimum atomic E-state index is -4.05. The Morgan fingerprint density at radius 3 is 2.60 bits per heavy atom. The molecule has 10 heteroatoms. The van der Waals surface area contributed by atoms with E-state index in [0.29, 0.717) is 5.69 Å². The minimum absolute atomic E-state index is 0.176. The maximum Gasteiger partial charge on any atom is 0.414 e. The van der Waals surface area contributed by atoms with Crippen LogP contribution >= 0.6 is 0 Å². The van der Waals surface area contributed by atoms with Gasteiger partial charge < -0.3 is 9.84 Å². The minimum Gasteiger partial charge on any atom is -0.441 e. The van der Waals surface area contributed by atoms with Gasteiger partial charge in [-0.15, -0.1) is 0 Å². The number of nitrogens with zero attached hydrogens (tertiary/aromatic N) is 4. The first-order valence-electron chi connectivity index (χ1n) is 5.48. The predicted molar refractivity (Wildman–Crippen MR) is 67.5 cm³/mol. The van der Waals surface area contributed by atoms with Gasteiger partial charge in [0.1, 0.15) is 6.10 Å². The summed E-state index contributed by atoms with van der Waals surface area (Å²) in [6.07, 6.45) is -1.22. The Hall–Kier alpha value is -2.29. The molecular weight excluding hydrogens is 288 g/mol. The molecule has 1 fully saturated rings. The Morgan fingerprint density at radius 1 is 1.45 bits per heavy atom. The van der Waals surface area contributed by atoms with Gasteiger partial charge >= 0.3 is 6.09 Å². The average molecular weight is 298 g/mol. The van der Waals surface area contributed by atoms with Crippen LogP contribution in [0.2, 0.25) is 0 Å². The molecular formula is C10H10N4O5S. The van der Waals surface area contributed by atoms with Crippen molar-refractivity contribution in [3.05, 3.63) is 34.7 Å². The molecule has 0 aromatic heterocycles. The number of hydrogen-bond acceptors (Lipinski definition) is 5. The van der Waals surface area contributed by atoms with Gasteiger partial charge in [-0.1, -0.05) is 0 Å². The van der Waals surface area contributed by atoms with E-state index in [-0.39, 0.29) is 18.0 Å². The number of rotatable bonds is 4. The van der Waals surface area contributed by atoms with Gasteiger partial charge in [-0.25, -0.2) is 13.2 Å². The van der Waals surface area contributed by atoms with Gasteiger partial charge in [0.25, 0.3) is 10.0 Å². The van der Waals surface area contributed by atoms with E-state index in [1.165, 1.54) is 29.2 Å². The molecule has 1 atom stereocenters. The highest BCUT2D eigenvalue weighted by atomic mass is 32.2. The van der Waals surface area contributed by atoms with Crippen molar-refractivity contribution in [1.82, 2.24) is 0 Å². The van der Waals surface area contributed by atoms with Crippen LogP contribution in [0.1, 0.15) is 0 Å². The summed E-state index contributed by atoms with van der Waals surface area (Å²) in [5, 5.41) is 8.93. The van der Waals surface area contributed by atoms with Gasteiger partial charge in [-0.05, 0) is 29.8 Å². The number of carbonyl (C=O) groups is 1. The molecule has 0 aliphatic carbocycles. The molecule has 1 aromatic rings. The Bertz CT molecular complexity index is 665. The molecule has 1 unspecified atom stereocenters. The van der Waals surface area contributed by atoms with Crippen LogP contribution in [0.4, 0.5) is 10.5 Å². The second-order valence-electron chi connectivity index (χ2n) is 3.94. The van der Waals surface area contributed by atoms with E-state index in [1.54, 1.807) is 0 Å². The Kier molecular flexibility index (Phi) is 3.79. The molecule has 1 aliphatic heterocycles. The number of azide groups is 1. The third-order valence-corrected chi connectivity index (χ3v) is 3.82. The molecule has 1 heterocycles. The van der Waals surface area contributed by atoms with Crippen molar-refractivity contribution in [3.8, 4) is 0 Å². The zero-order valence-corrected chi connectivity index (χ0v) is 10.9. The lowest BCUT2D eigenvalue weighted by molar-refractivity contribution is 0.0963. The van der Waals surface area contributed by atoms with E-state index in [9.17, 15) is 13.2 Å². The summed E-state index contributed by atoms with van der Waals surface area (Å²) in [6, 6.07) is 5.22. The number of amides is 1. The lowest BCUT2D eigenvalue weighted by Crippen LogP contribution is -2.25. The molecule has 1 aromatic carbocycles. The predicted octanol–water partition coefficient (Wildman–Crippen LogP) is 1.00. The number of anilines is 1. The summed E-state index contributed by atoms with van der Waals surface area (Å²) in [7, 11) is -4.05. The largest absolute Gasteiger partial charge is 0.441 e. The zero-order valence-electron chi connectivity index (χ0n) is 10.1. The highest BCUT2D eigenvalue weighted by Crippen LogP contribution is 2.23. The first-order chi connectivity index (χ1) is 9.47. The van der Waals surface area contributed by atoms with Crippen LogP contribution in [0, 0.1) is 0 Å². The molecule has 0 bridgehead atoms. The Balaban J connectivity index is 2.25. The Morgan fingerprint density at radius 2 is 2.10 bits per heavy atom. The summed E-state index contributed by atoms with van der Waals surface area (Å²) in [5.41, 5.74) is 8.59. The van der Waals surface area contributed by atoms with Crippen molar-refractivity contribution in [2.45, 2.75) is 11.0 Å². The van der Waals surface area contributed by atoms with E-state index < -0.39 is 22.2 Å².